The van der Waals surface area contributed by atoms with Crippen LogP contribution in [0.25, 0.3) is 105 Å². The lowest BCUT2D eigenvalue weighted by atomic mass is 9.81. The van der Waals surface area contributed by atoms with Crippen LogP contribution >= 0.6 is 0 Å². The Morgan fingerprint density at radius 3 is 1.85 bits per heavy atom. The summed E-state index contributed by atoms with van der Waals surface area (Å²) < 4.78 is 2.31. The SMILES string of the molecule is CC1(C)c2ccccc2-c2ccc(-c3ccc4cc(-c5cccc(-c6cc7c8ccccc8n8c9nc%10ccccc%10nc9c(c6)c78)c5)ccc4c3)cc21. The molecule has 12 rings (SSSR count). The Balaban J connectivity index is 0.946. The highest BCUT2D eigenvalue weighted by atomic mass is 15.0. The summed E-state index contributed by atoms with van der Waals surface area (Å²) >= 11 is 0. The second kappa shape index (κ2) is 10.6. The van der Waals surface area contributed by atoms with E-state index in [9.17, 15) is 0 Å². The van der Waals surface area contributed by atoms with Crippen molar-refractivity contribution in [2.45, 2.75) is 19.3 Å². The Kier molecular flexibility index (Phi) is 5.84. The van der Waals surface area contributed by atoms with Gasteiger partial charge in [0.2, 0.25) is 0 Å². The molecular formula is C51H33N3. The Morgan fingerprint density at radius 1 is 0.426 bits per heavy atom. The molecule has 0 bridgehead atoms. The molecule has 3 heteroatoms. The van der Waals surface area contributed by atoms with Crippen molar-refractivity contribution in [3.63, 3.8) is 0 Å². The van der Waals surface area contributed by atoms with Crippen molar-refractivity contribution in [1.29, 1.82) is 0 Å². The van der Waals surface area contributed by atoms with Crippen LogP contribution in [0.2, 0.25) is 0 Å². The summed E-state index contributed by atoms with van der Waals surface area (Å²) in [5, 5.41) is 6.07. The third kappa shape index (κ3) is 4.07. The molecule has 0 aliphatic heterocycles. The Hall–Kier alpha value is -6.84. The largest absolute Gasteiger partial charge is 0.291 e. The van der Waals surface area contributed by atoms with Gasteiger partial charge in [-0.1, -0.05) is 123 Å². The topological polar surface area (TPSA) is 30.2 Å². The van der Waals surface area contributed by atoms with Crippen LogP contribution in [-0.4, -0.2) is 14.4 Å². The van der Waals surface area contributed by atoms with Crippen LogP contribution in [0.4, 0.5) is 0 Å². The standard InChI is InChI=1S/C51H33N3/c1-51(2)43-14-5-3-12-38(43)39-23-22-36(29-44(39)51)35-21-20-33-25-32(18-19-34(33)26-35)30-10-9-11-31(24-30)37-27-41-40-13-4-8-17-47(40)54-49(41)42(28-37)48-50(54)53-46-16-7-6-15-45(46)52-48/h3-29H,1-2H3. The molecule has 1 aliphatic rings. The molecule has 0 amide bonds. The van der Waals surface area contributed by atoms with Crippen LogP contribution in [0.15, 0.2) is 164 Å². The molecular weight excluding hydrogens is 655 g/mol. The number of rotatable bonds is 3. The molecule has 0 fully saturated rings. The minimum atomic E-state index is -0.0158. The van der Waals surface area contributed by atoms with Crippen molar-refractivity contribution in [1.82, 2.24) is 14.4 Å². The maximum absolute atomic E-state index is 5.18. The van der Waals surface area contributed by atoms with Gasteiger partial charge in [0.05, 0.1) is 22.1 Å². The molecule has 0 saturated heterocycles. The van der Waals surface area contributed by atoms with Crippen LogP contribution in [0.1, 0.15) is 25.0 Å². The molecule has 3 heterocycles. The van der Waals surface area contributed by atoms with Gasteiger partial charge in [0.25, 0.3) is 0 Å². The molecule has 8 aromatic carbocycles. The monoisotopic (exact) mass is 687 g/mol. The van der Waals surface area contributed by atoms with Crippen LogP contribution in [-0.2, 0) is 5.41 Å². The molecule has 0 N–H and O–H groups in total. The van der Waals surface area contributed by atoms with E-state index in [1.165, 1.54) is 82.7 Å². The lowest BCUT2D eigenvalue weighted by Gasteiger charge is -2.22. The average molecular weight is 688 g/mol. The van der Waals surface area contributed by atoms with Gasteiger partial charge >= 0.3 is 0 Å². The predicted molar refractivity (Wildman–Crippen MR) is 226 cm³/mol. The quantitative estimate of drug-likeness (QED) is 0.185. The van der Waals surface area contributed by atoms with Crippen molar-refractivity contribution in [3.05, 3.63) is 175 Å². The zero-order valence-corrected chi connectivity index (χ0v) is 29.9. The zero-order chi connectivity index (χ0) is 35.7. The first kappa shape index (κ1) is 29.7. The van der Waals surface area contributed by atoms with Crippen LogP contribution in [0.5, 0.6) is 0 Å². The lowest BCUT2D eigenvalue weighted by Crippen LogP contribution is -2.14. The number of para-hydroxylation sites is 3. The molecule has 1 aliphatic carbocycles. The smallest absolute Gasteiger partial charge is 0.165 e. The van der Waals surface area contributed by atoms with Crippen molar-refractivity contribution in [3.8, 4) is 44.5 Å². The summed E-state index contributed by atoms with van der Waals surface area (Å²) in [5.74, 6) is 0. The van der Waals surface area contributed by atoms with Crippen molar-refractivity contribution < 1.29 is 0 Å². The van der Waals surface area contributed by atoms with E-state index >= 15 is 0 Å². The van der Waals surface area contributed by atoms with Gasteiger partial charge in [0.15, 0.2) is 5.65 Å². The molecule has 54 heavy (non-hydrogen) atoms. The van der Waals surface area contributed by atoms with E-state index in [1.54, 1.807) is 0 Å². The van der Waals surface area contributed by atoms with E-state index in [0.717, 1.165) is 33.1 Å². The maximum atomic E-state index is 5.18. The van der Waals surface area contributed by atoms with Gasteiger partial charge in [0.1, 0.15) is 5.52 Å². The second-order valence-electron chi connectivity index (χ2n) is 15.4. The van der Waals surface area contributed by atoms with E-state index in [-0.39, 0.29) is 5.41 Å². The Morgan fingerprint density at radius 2 is 1.04 bits per heavy atom. The van der Waals surface area contributed by atoms with Crippen molar-refractivity contribution in [2.24, 2.45) is 0 Å². The van der Waals surface area contributed by atoms with E-state index in [2.05, 4.69) is 164 Å². The minimum absolute atomic E-state index is 0.0158. The molecule has 252 valence electrons. The minimum Gasteiger partial charge on any atom is -0.291 e. The number of hydrogen-bond acceptors (Lipinski definition) is 2. The summed E-state index contributed by atoms with van der Waals surface area (Å²) in [5.41, 5.74) is 18.8. The summed E-state index contributed by atoms with van der Waals surface area (Å²) in [6.07, 6.45) is 0. The first-order valence-electron chi connectivity index (χ1n) is 18.7. The first-order chi connectivity index (χ1) is 26.5. The van der Waals surface area contributed by atoms with Gasteiger partial charge in [0, 0.05) is 21.6 Å². The van der Waals surface area contributed by atoms with E-state index in [1.807, 2.05) is 18.2 Å². The molecule has 0 radical (unpaired) electrons. The third-order valence-electron chi connectivity index (χ3n) is 12.1. The highest BCUT2D eigenvalue weighted by molar-refractivity contribution is 6.23. The normalized spacial score (nSPS) is 13.5. The first-order valence-corrected chi connectivity index (χ1v) is 18.7. The van der Waals surface area contributed by atoms with Gasteiger partial charge in [-0.3, -0.25) is 4.40 Å². The average Bonchev–Trinajstić information content (AvgIpc) is 3.81. The summed E-state index contributed by atoms with van der Waals surface area (Å²) in [6, 6.07) is 60.0. The molecule has 0 spiro atoms. The predicted octanol–water partition coefficient (Wildman–Crippen LogP) is 13.2. The van der Waals surface area contributed by atoms with Gasteiger partial charge in [-0.2, -0.15) is 0 Å². The van der Waals surface area contributed by atoms with Gasteiger partial charge in [-0.25, -0.2) is 9.97 Å². The van der Waals surface area contributed by atoms with Crippen LogP contribution in [0, 0.1) is 0 Å². The third-order valence-corrected chi connectivity index (χ3v) is 12.1. The second-order valence-corrected chi connectivity index (χ2v) is 15.4. The summed E-state index contributed by atoms with van der Waals surface area (Å²) in [4.78, 5) is 10.3. The van der Waals surface area contributed by atoms with E-state index < -0.39 is 0 Å². The number of benzene rings is 8. The summed E-state index contributed by atoms with van der Waals surface area (Å²) in [7, 11) is 0. The molecule has 0 saturated carbocycles. The van der Waals surface area contributed by atoms with E-state index in [4.69, 9.17) is 9.97 Å². The van der Waals surface area contributed by atoms with Crippen LogP contribution < -0.4 is 0 Å². The molecule has 3 aromatic heterocycles. The van der Waals surface area contributed by atoms with Gasteiger partial charge in [-0.15, -0.1) is 0 Å². The van der Waals surface area contributed by atoms with Crippen molar-refractivity contribution >= 4 is 60.2 Å². The number of nitrogens with zero attached hydrogens (tertiary/aromatic N) is 3. The van der Waals surface area contributed by atoms with E-state index in [0.29, 0.717) is 0 Å². The number of hydrogen-bond donors (Lipinski definition) is 0. The molecule has 0 unspecified atom stereocenters. The van der Waals surface area contributed by atoms with Gasteiger partial charge < -0.3 is 0 Å². The van der Waals surface area contributed by atoms with Crippen molar-refractivity contribution in [2.75, 3.05) is 0 Å². The maximum Gasteiger partial charge on any atom is 0.165 e. The Bertz CT molecular complexity index is 3370. The fourth-order valence-corrected chi connectivity index (χ4v) is 9.36. The zero-order valence-electron chi connectivity index (χ0n) is 29.9. The molecule has 3 nitrogen and oxygen atoms in total. The van der Waals surface area contributed by atoms with Gasteiger partial charge in [-0.05, 0) is 121 Å². The highest BCUT2D eigenvalue weighted by Crippen LogP contribution is 2.49. The molecule has 11 aromatic rings. The molecule has 0 atom stereocenters. The highest BCUT2D eigenvalue weighted by Gasteiger charge is 2.35. The number of aromatic nitrogens is 3. The Labute approximate surface area is 312 Å². The van der Waals surface area contributed by atoms with Crippen LogP contribution in [0.3, 0.4) is 0 Å². The number of fused-ring (bicyclic) bond motifs is 11. The fourth-order valence-electron chi connectivity index (χ4n) is 9.36. The summed E-state index contributed by atoms with van der Waals surface area (Å²) in [6.45, 7) is 4.69. The fraction of sp³-hybridized carbons (Fsp3) is 0.0588. The lowest BCUT2D eigenvalue weighted by molar-refractivity contribution is 0.660.